The van der Waals surface area contributed by atoms with E-state index in [0.717, 1.165) is 32.1 Å². The molecule has 0 bridgehead atoms. The molecule has 0 saturated carbocycles. The van der Waals surface area contributed by atoms with Gasteiger partial charge in [-0.25, -0.2) is 0 Å². The molecule has 15 rings (SSSR count). The van der Waals surface area contributed by atoms with E-state index in [0.29, 0.717) is 0 Å². The summed E-state index contributed by atoms with van der Waals surface area (Å²) in [7, 11) is 0. The maximum absolute atomic E-state index is 2.36. The van der Waals surface area contributed by atoms with Gasteiger partial charge < -0.3 is 0 Å². The third-order valence-corrected chi connectivity index (χ3v) is 21.5. The molecular formula is C87H94. The molecule has 0 atom stereocenters. The Morgan fingerprint density at radius 1 is 0.172 bits per heavy atom. The Morgan fingerprint density at radius 2 is 0.563 bits per heavy atom. The summed E-state index contributed by atoms with van der Waals surface area (Å²) in [4.78, 5) is 0. The standard InChI is InChI=1S/C19H22.4C17H18/c1-10-7-8-16-17(11(10)2)9-18-14(5)12(3)13(4)15(6)19(16)18;1-10-5-14-9-15-6-11(2)13(4)8-17(15)16(14)7-12(10)3;1-10-5-13(4)15-9-14-7-11(2)12(3)8-16(14)17(15)6-10;1-10-5-13(4)17-15(6-10)9-14-7-11(2)12(3)8-16(14)17;1-10-5-6-11(2)17-15(10)9-14-7-12(3)13(4)8-16(14)17/h7-8H,9H2,1-6H3;4*5-8H,9H2,1-4H3. The molecular weight excluding hydrogens is 1040 g/mol. The summed E-state index contributed by atoms with van der Waals surface area (Å²) in [6, 6.07) is 41.9. The van der Waals surface area contributed by atoms with E-state index in [1.165, 1.54) is 223 Å². The molecule has 10 aromatic rings. The highest BCUT2D eigenvalue weighted by molar-refractivity contribution is 5.86. The number of fused-ring (bicyclic) bond motifs is 15. The number of hydrogen-bond acceptors (Lipinski definition) is 0. The molecule has 0 amide bonds. The smallest absolute Gasteiger partial charge is 0.000789 e. The van der Waals surface area contributed by atoms with Gasteiger partial charge in [-0.1, -0.05) is 120 Å². The largest absolute Gasteiger partial charge is 0.0587 e. The Morgan fingerprint density at radius 3 is 1.11 bits per heavy atom. The lowest BCUT2D eigenvalue weighted by Crippen LogP contribution is -1.98. The predicted molar refractivity (Wildman–Crippen MR) is 378 cm³/mol. The summed E-state index contributed by atoms with van der Waals surface area (Å²) in [5, 5.41) is 0. The van der Waals surface area contributed by atoms with Crippen LogP contribution in [-0.2, 0) is 32.1 Å². The third-order valence-electron chi connectivity index (χ3n) is 21.5. The second-order valence-corrected chi connectivity index (χ2v) is 27.5. The van der Waals surface area contributed by atoms with Crippen LogP contribution in [-0.4, -0.2) is 0 Å². The normalized spacial score (nSPS) is 12.5. The second kappa shape index (κ2) is 23.4. The average Bonchev–Trinajstić information content (AvgIpc) is 1.76. The van der Waals surface area contributed by atoms with Crippen molar-refractivity contribution in [1.29, 1.82) is 0 Å². The minimum Gasteiger partial charge on any atom is -0.0587 e. The van der Waals surface area contributed by atoms with E-state index in [1.807, 2.05) is 0 Å². The molecule has 87 heavy (non-hydrogen) atoms. The van der Waals surface area contributed by atoms with Crippen molar-refractivity contribution in [2.75, 3.05) is 0 Å². The minimum absolute atomic E-state index is 1.10. The molecule has 0 radical (unpaired) electrons. The lowest BCUT2D eigenvalue weighted by molar-refractivity contribution is 1.13. The zero-order chi connectivity index (χ0) is 62.5. The van der Waals surface area contributed by atoms with Gasteiger partial charge in [0.2, 0.25) is 0 Å². The van der Waals surface area contributed by atoms with Crippen LogP contribution < -0.4 is 0 Å². The van der Waals surface area contributed by atoms with Crippen LogP contribution >= 0.6 is 0 Å². The summed E-state index contributed by atoms with van der Waals surface area (Å²) < 4.78 is 0. The van der Waals surface area contributed by atoms with Gasteiger partial charge in [0.05, 0.1) is 0 Å². The topological polar surface area (TPSA) is 0 Å². The van der Waals surface area contributed by atoms with Gasteiger partial charge in [0.1, 0.15) is 0 Å². The summed E-state index contributed by atoms with van der Waals surface area (Å²) >= 11 is 0. The first-order valence-corrected chi connectivity index (χ1v) is 32.2. The van der Waals surface area contributed by atoms with E-state index in [-0.39, 0.29) is 0 Å². The maximum Gasteiger partial charge on any atom is -0.000789 e. The van der Waals surface area contributed by atoms with Crippen LogP contribution in [0, 0.1) is 152 Å². The van der Waals surface area contributed by atoms with Crippen LogP contribution in [0.25, 0.3) is 55.6 Å². The molecule has 0 N–H and O–H groups in total. The molecule has 10 aromatic carbocycles. The van der Waals surface area contributed by atoms with Gasteiger partial charge in [-0.05, 0) is 407 Å². The molecule has 0 aromatic heterocycles. The number of rotatable bonds is 0. The van der Waals surface area contributed by atoms with E-state index < -0.39 is 0 Å². The van der Waals surface area contributed by atoms with Crippen molar-refractivity contribution < 1.29 is 0 Å². The number of hydrogen-bond donors (Lipinski definition) is 0. The van der Waals surface area contributed by atoms with E-state index in [9.17, 15) is 0 Å². The number of benzene rings is 10. The highest BCUT2D eigenvalue weighted by Gasteiger charge is 2.28. The van der Waals surface area contributed by atoms with Crippen molar-refractivity contribution in [3.63, 3.8) is 0 Å². The third kappa shape index (κ3) is 11.1. The molecule has 0 spiro atoms. The Kier molecular flexibility index (Phi) is 16.4. The average molecular weight is 1140 g/mol. The molecule has 0 heteroatoms. The fourth-order valence-corrected chi connectivity index (χ4v) is 15.1. The SMILES string of the molecule is Cc1cc(C)c2c(c1)-c1cc(C)c(C)cc1C2.Cc1cc(C)c2c(c1)Cc1cc(C)c(C)cc1-2.Cc1cc2c(cc1C)-c1c(C)ccc(C)c1C2.Cc1cc2c(cc1C)-c1cc(C)c(C)cc1C2.Cc1ccc2c(c1C)Cc1c(C)c(C)c(C)c(C)c1-2. The van der Waals surface area contributed by atoms with Crippen molar-refractivity contribution in [2.24, 2.45) is 0 Å². The highest BCUT2D eigenvalue weighted by Crippen LogP contribution is 2.47. The first kappa shape index (κ1) is 60.9. The van der Waals surface area contributed by atoms with Gasteiger partial charge in [0.25, 0.3) is 0 Å². The predicted octanol–water partition coefficient (Wildman–Crippen LogP) is 23.1. The summed E-state index contributed by atoms with van der Waals surface area (Å²) in [5.74, 6) is 0. The fraction of sp³-hybridized carbons (Fsp3) is 0.310. The van der Waals surface area contributed by atoms with Gasteiger partial charge >= 0.3 is 0 Å². The molecule has 0 aliphatic heterocycles. The summed E-state index contributed by atoms with van der Waals surface area (Å²) in [6.07, 6.45) is 5.55. The van der Waals surface area contributed by atoms with Gasteiger partial charge in [0.15, 0.2) is 0 Å². The number of aryl methyl sites for hydroxylation is 17. The van der Waals surface area contributed by atoms with Crippen LogP contribution in [0.15, 0.2) is 109 Å². The maximum atomic E-state index is 2.36. The van der Waals surface area contributed by atoms with Gasteiger partial charge in [-0.2, -0.15) is 0 Å². The molecule has 5 aliphatic carbocycles. The zero-order valence-corrected chi connectivity index (χ0v) is 56.9. The molecule has 0 unspecified atom stereocenters. The van der Waals surface area contributed by atoms with Gasteiger partial charge in [-0.3, -0.25) is 0 Å². The van der Waals surface area contributed by atoms with Crippen LogP contribution in [0.4, 0.5) is 0 Å². The van der Waals surface area contributed by atoms with Crippen molar-refractivity contribution in [3.8, 4) is 55.6 Å². The van der Waals surface area contributed by atoms with Gasteiger partial charge in [0, 0.05) is 0 Å². The minimum atomic E-state index is 1.10. The molecule has 0 fully saturated rings. The van der Waals surface area contributed by atoms with Gasteiger partial charge in [-0.15, -0.1) is 0 Å². The van der Waals surface area contributed by atoms with Crippen LogP contribution in [0.5, 0.6) is 0 Å². The van der Waals surface area contributed by atoms with Crippen molar-refractivity contribution >= 4 is 0 Å². The second-order valence-electron chi connectivity index (χ2n) is 27.5. The van der Waals surface area contributed by atoms with E-state index in [2.05, 4.69) is 262 Å². The Hall–Kier alpha value is -7.80. The zero-order valence-electron chi connectivity index (χ0n) is 56.9. The molecule has 0 heterocycles. The Bertz CT molecular complexity index is 4460. The fourth-order valence-electron chi connectivity index (χ4n) is 15.1. The van der Waals surface area contributed by atoms with Crippen molar-refractivity contribution in [2.45, 2.75) is 184 Å². The van der Waals surface area contributed by atoms with Crippen molar-refractivity contribution in [1.82, 2.24) is 0 Å². The van der Waals surface area contributed by atoms with E-state index in [1.54, 1.807) is 11.1 Å². The molecule has 5 aliphatic rings. The highest BCUT2D eigenvalue weighted by atomic mass is 14.3. The Labute approximate surface area is 524 Å². The monoisotopic (exact) mass is 1140 g/mol. The molecule has 0 saturated heterocycles. The quantitative estimate of drug-likeness (QED) is 0.142. The first-order chi connectivity index (χ1) is 41.2. The summed E-state index contributed by atoms with van der Waals surface area (Å²) in [5.41, 5.74) is 61.1. The van der Waals surface area contributed by atoms with Crippen LogP contribution in [0.3, 0.4) is 0 Å². The van der Waals surface area contributed by atoms with E-state index in [4.69, 9.17) is 0 Å². The lowest BCUT2D eigenvalue weighted by Gasteiger charge is -2.16. The van der Waals surface area contributed by atoms with Crippen molar-refractivity contribution in [3.05, 3.63) is 287 Å². The molecule has 442 valence electrons. The molecule has 0 nitrogen and oxygen atoms in total. The first-order valence-electron chi connectivity index (χ1n) is 32.2. The van der Waals surface area contributed by atoms with Crippen LogP contribution in [0.1, 0.15) is 178 Å². The van der Waals surface area contributed by atoms with Crippen LogP contribution in [0.2, 0.25) is 0 Å². The Balaban J connectivity index is 0.000000113. The van der Waals surface area contributed by atoms with E-state index >= 15 is 0 Å². The summed E-state index contributed by atoms with van der Waals surface area (Å²) in [6.45, 7) is 48.9. The lowest BCUT2D eigenvalue weighted by atomic mass is 9.89.